The van der Waals surface area contributed by atoms with Crippen LogP contribution >= 0.6 is 11.6 Å². The Bertz CT molecular complexity index is 868. The van der Waals surface area contributed by atoms with E-state index in [0.29, 0.717) is 13.0 Å². The molecule has 124 valence electrons. The van der Waals surface area contributed by atoms with Crippen LogP contribution in [0.5, 0.6) is 0 Å². The number of hydrogen-bond acceptors (Lipinski definition) is 2. The Hall–Kier alpha value is -2.33. The second kappa shape index (κ2) is 7.05. The molecule has 0 spiro atoms. The number of hydrogen-bond donors (Lipinski definition) is 1. The summed E-state index contributed by atoms with van der Waals surface area (Å²) in [5.74, 6) is 0.991. The molecule has 1 amide bonds. The first-order valence-electron chi connectivity index (χ1n) is 7.96. The molecule has 1 aromatic heterocycles. The number of fused-ring (bicyclic) bond motifs is 1. The number of carbonyl (C=O) groups excluding carboxylic acids is 1. The van der Waals surface area contributed by atoms with Crippen molar-refractivity contribution in [3.63, 3.8) is 0 Å². The fraction of sp³-hybridized carbons (Fsp3) is 0.263. The van der Waals surface area contributed by atoms with Crippen molar-refractivity contribution >= 4 is 28.5 Å². The quantitative estimate of drug-likeness (QED) is 0.772. The Kier molecular flexibility index (Phi) is 4.86. The molecular formula is C19H20ClN3O. The molecule has 0 saturated heterocycles. The van der Waals surface area contributed by atoms with E-state index in [4.69, 9.17) is 11.6 Å². The first-order chi connectivity index (χ1) is 11.5. The normalized spacial score (nSPS) is 11.0. The maximum absolute atomic E-state index is 12.1. The standard InChI is InChI=1S/C19H20ClN3O/c1-13-22-17-11-15(5-8-18(17)23(13)2)12-19(24)21-10-9-14-3-6-16(20)7-4-14/h3-8,11H,9-10,12H2,1-2H3,(H,21,24). The molecule has 2 aromatic carbocycles. The van der Waals surface area contributed by atoms with Crippen molar-refractivity contribution in [3.05, 3.63) is 64.4 Å². The van der Waals surface area contributed by atoms with E-state index in [2.05, 4.69) is 10.3 Å². The molecule has 0 aliphatic carbocycles. The van der Waals surface area contributed by atoms with E-state index in [1.165, 1.54) is 0 Å². The molecule has 0 fully saturated rings. The molecule has 1 heterocycles. The van der Waals surface area contributed by atoms with Crippen LogP contribution in [-0.4, -0.2) is 22.0 Å². The summed E-state index contributed by atoms with van der Waals surface area (Å²) in [6.07, 6.45) is 1.16. The van der Waals surface area contributed by atoms with E-state index < -0.39 is 0 Å². The summed E-state index contributed by atoms with van der Waals surface area (Å²) in [6.45, 7) is 2.59. The molecule has 3 rings (SSSR count). The number of aromatic nitrogens is 2. The third-order valence-electron chi connectivity index (χ3n) is 4.18. The minimum Gasteiger partial charge on any atom is -0.355 e. The Balaban J connectivity index is 1.55. The van der Waals surface area contributed by atoms with Gasteiger partial charge in [0.15, 0.2) is 0 Å². The monoisotopic (exact) mass is 341 g/mol. The molecule has 4 nitrogen and oxygen atoms in total. The summed E-state index contributed by atoms with van der Waals surface area (Å²) in [4.78, 5) is 16.6. The highest BCUT2D eigenvalue weighted by molar-refractivity contribution is 6.30. The molecule has 0 saturated carbocycles. The molecule has 24 heavy (non-hydrogen) atoms. The summed E-state index contributed by atoms with van der Waals surface area (Å²) in [5.41, 5.74) is 4.15. The van der Waals surface area contributed by atoms with Gasteiger partial charge in [-0.1, -0.05) is 29.8 Å². The zero-order chi connectivity index (χ0) is 17.1. The maximum Gasteiger partial charge on any atom is 0.224 e. The lowest BCUT2D eigenvalue weighted by molar-refractivity contribution is -0.120. The number of amides is 1. The van der Waals surface area contributed by atoms with Gasteiger partial charge in [0.1, 0.15) is 5.82 Å². The van der Waals surface area contributed by atoms with E-state index in [-0.39, 0.29) is 5.91 Å². The van der Waals surface area contributed by atoms with Gasteiger partial charge in [-0.2, -0.15) is 0 Å². The largest absolute Gasteiger partial charge is 0.355 e. The third-order valence-corrected chi connectivity index (χ3v) is 4.43. The lowest BCUT2D eigenvalue weighted by Gasteiger charge is -2.06. The minimum absolute atomic E-state index is 0.0240. The zero-order valence-corrected chi connectivity index (χ0v) is 14.6. The van der Waals surface area contributed by atoms with Gasteiger partial charge >= 0.3 is 0 Å². The van der Waals surface area contributed by atoms with Gasteiger partial charge in [0.2, 0.25) is 5.91 Å². The van der Waals surface area contributed by atoms with Crippen LogP contribution in [0.4, 0.5) is 0 Å². The molecule has 1 N–H and O–H groups in total. The van der Waals surface area contributed by atoms with Gasteiger partial charge in [-0.15, -0.1) is 0 Å². The van der Waals surface area contributed by atoms with E-state index >= 15 is 0 Å². The van der Waals surface area contributed by atoms with Gasteiger partial charge in [0.05, 0.1) is 17.5 Å². The van der Waals surface area contributed by atoms with Crippen LogP contribution in [0.15, 0.2) is 42.5 Å². The van der Waals surface area contributed by atoms with E-state index in [1.54, 1.807) is 0 Å². The maximum atomic E-state index is 12.1. The third kappa shape index (κ3) is 3.77. The van der Waals surface area contributed by atoms with E-state index in [1.807, 2.05) is 61.0 Å². The summed E-state index contributed by atoms with van der Waals surface area (Å²) in [5, 5.41) is 3.69. The van der Waals surface area contributed by atoms with Gasteiger partial charge < -0.3 is 9.88 Å². The van der Waals surface area contributed by atoms with Crippen LogP contribution < -0.4 is 5.32 Å². The van der Waals surface area contributed by atoms with Crippen LogP contribution in [0, 0.1) is 6.92 Å². The fourth-order valence-electron chi connectivity index (χ4n) is 2.72. The lowest BCUT2D eigenvalue weighted by Crippen LogP contribution is -2.27. The van der Waals surface area contributed by atoms with Gasteiger partial charge in [0.25, 0.3) is 0 Å². The number of rotatable bonds is 5. The molecule has 5 heteroatoms. The topological polar surface area (TPSA) is 46.9 Å². The molecule has 0 atom stereocenters. The molecule has 3 aromatic rings. The summed E-state index contributed by atoms with van der Waals surface area (Å²) >= 11 is 5.86. The second-order valence-electron chi connectivity index (χ2n) is 5.94. The van der Waals surface area contributed by atoms with Crippen LogP contribution in [0.25, 0.3) is 11.0 Å². The Morgan fingerprint density at radius 1 is 1.17 bits per heavy atom. The number of nitrogens with one attached hydrogen (secondary N) is 1. The van der Waals surface area contributed by atoms with E-state index in [0.717, 1.165) is 39.4 Å². The molecule has 0 aliphatic rings. The Morgan fingerprint density at radius 3 is 2.62 bits per heavy atom. The highest BCUT2D eigenvalue weighted by Crippen LogP contribution is 2.16. The van der Waals surface area contributed by atoms with Gasteiger partial charge in [-0.05, 0) is 48.7 Å². The Morgan fingerprint density at radius 2 is 1.88 bits per heavy atom. The summed E-state index contributed by atoms with van der Waals surface area (Å²) in [7, 11) is 1.99. The van der Waals surface area contributed by atoms with Crippen molar-refractivity contribution in [3.8, 4) is 0 Å². The SMILES string of the molecule is Cc1nc2cc(CC(=O)NCCc3ccc(Cl)cc3)ccc2n1C. The van der Waals surface area contributed by atoms with E-state index in [9.17, 15) is 4.79 Å². The summed E-state index contributed by atoms with van der Waals surface area (Å²) in [6, 6.07) is 13.7. The van der Waals surface area contributed by atoms with Crippen molar-refractivity contribution < 1.29 is 4.79 Å². The minimum atomic E-state index is 0.0240. The molecule has 0 bridgehead atoms. The number of benzene rings is 2. The number of imidazole rings is 1. The zero-order valence-electron chi connectivity index (χ0n) is 13.8. The predicted octanol–water partition coefficient (Wildman–Crippen LogP) is 3.44. The van der Waals surface area contributed by atoms with Crippen molar-refractivity contribution in [2.45, 2.75) is 19.8 Å². The lowest BCUT2D eigenvalue weighted by atomic mass is 10.1. The number of carbonyl (C=O) groups is 1. The Labute approximate surface area is 146 Å². The van der Waals surface area contributed by atoms with Gasteiger partial charge in [-0.3, -0.25) is 4.79 Å². The van der Waals surface area contributed by atoms with Crippen LogP contribution in [-0.2, 0) is 24.7 Å². The highest BCUT2D eigenvalue weighted by Gasteiger charge is 2.08. The highest BCUT2D eigenvalue weighted by atomic mass is 35.5. The summed E-state index contributed by atoms with van der Waals surface area (Å²) < 4.78 is 2.05. The number of nitrogens with zero attached hydrogens (tertiary/aromatic N) is 2. The second-order valence-corrected chi connectivity index (χ2v) is 6.38. The molecule has 0 unspecified atom stereocenters. The number of halogens is 1. The molecule has 0 radical (unpaired) electrons. The van der Waals surface area contributed by atoms with Crippen molar-refractivity contribution in [2.24, 2.45) is 7.05 Å². The number of aryl methyl sites for hydroxylation is 2. The average molecular weight is 342 g/mol. The smallest absolute Gasteiger partial charge is 0.224 e. The van der Waals surface area contributed by atoms with Crippen LogP contribution in [0.3, 0.4) is 0 Å². The van der Waals surface area contributed by atoms with Gasteiger partial charge in [0, 0.05) is 18.6 Å². The van der Waals surface area contributed by atoms with Crippen LogP contribution in [0.2, 0.25) is 5.02 Å². The average Bonchev–Trinajstić information content (AvgIpc) is 2.83. The molecular weight excluding hydrogens is 322 g/mol. The first kappa shape index (κ1) is 16.5. The van der Waals surface area contributed by atoms with Crippen molar-refractivity contribution in [2.75, 3.05) is 6.54 Å². The fourth-order valence-corrected chi connectivity index (χ4v) is 2.85. The van der Waals surface area contributed by atoms with Crippen LogP contribution in [0.1, 0.15) is 17.0 Å². The van der Waals surface area contributed by atoms with Crippen molar-refractivity contribution in [1.82, 2.24) is 14.9 Å². The molecule has 0 aliphatic heterocycles. The van der Waals surface area contributed by atoms with Gasteiger partial charge in [-0.25, -0.2) is 4.98 Å². The first-order valence-corrected chi connectivity index (χ1v) is 8.34. The van der Waals surface area contributed by atoms with Crippen molar-refractivity contribution in [1.29, 1.82) is 0 Å². The predicted molar refractivity (Wildman–Crippen MR) is 97.3 cm³/mol.